The van der Waals surface area contributed by atoms with Crippen LogP contribution in [0.1, 0.15) is 34.4 Å². The Morgan fingerprint density at radius 2 is 1.69 bits per heavy atom. The maximum absolute atomic E-state index is 12.9. The summed E-state index contributed by atoms with van der Waals surface area (Å²) >= 11 is 0. The van der Waals surface area contributed by atoms with Crippen LogP contribution in [0.25, 0.3) is 27.5 Å². The van der Waals surface area contributed by atoms with Crippen LogP contribution in [0, 0.1) is 13.8 Å². The van der Waals surface area contributed by atoms with Gasteiger partial charge in [0, 0.05) is 5.69 Å². The molecule has 2 heterocycles. The number of hydrogen-bond acceptors (Lipinski definition) is 4. The number of aromatic nitrogens is 4. The minimum Gasteiger partial charge on any atom is -0.321 e. The minimum absolute atomic E-state index is 0.257. The normalized spacial score (nSPS) is 11.2. The van der Waals surface area contributed by atoms with E-state index in [0.29, 0.717) is 17.0 Å². The Morgan fingerprint density at radius 1 is 0.938 bits per heavy atom. The average molecular weight is 422 g/mol. The minimum atomic E-state index is -0.305. The van der Waals surface area contributed by atoms with E-state index in [9.17, 15) is 4.79 Å². The summed E-state index contributed by atoms with van der Waals surface area (Å²) in [7, 11) is 0. The van der Waals surface area contributed by atoms with E-state index < -0.39 is 0 Å². The lowest BCUT2D eigenvalue weighted by Gasteiger charge is -2.09. The van der Waals surface area contributed by atoms with Crippen molar-refractivity contribution in [2.45, 2.75) is 27.2 Å². The van der Waals surface area contributed by atoms with Crippen LogP contribution in [-0.4, -0.2) is 25.7 Å². The zero-order valence-electron chi connectivity index (χ0n) is 18.3. The molecule has 0 bridgehead atoms. The summed E-state index contributed by atoms with van der Waals surface area (Å²) in [5, 5.41) is 18.8. The van der Waals surface area contributed by atoms with Crippen LogP contribution in [0.4, 0.5) is 5.69 Å². The molecule has 32 heavy (non-hydrogen) atoms. The number of carbonyl (C=O) groups excluding carboxylic acids is 1. The van der Waals surface area contributed by atoms with Crippen LogP contribution in [0.15, 0.2) is 66.7 Å². The molecule has 5 rings (SSSR count). The second-order valence-corrected chi connectivity index (χ2v) is 7.89. The molecule has 3 aromatic carbocycles. The fourth-order valence-corrected chi connectivity index (χ4v) is 4.05. The Hall–Kier alpha value is -4.06. The summed E-state index contributed by atoms with van der Waals surface area (Å²) in [4.78, 5) is 12.9. The molecule has 0 aliphatic heterocycles. The number of anilines is 1. The van der Waals surface area contributed by atoms with Gasteiger partial charge in [-0.05, 0) is 48.7 Å². The van der Waals surface area contributed by atoms with Crippen LogP contribution in [-0.2, 0) is 6.42 Å². The molecule has 0 saturated carbocycles. The highest BCUT2D eigenvalue weighted by Crippen LogP contribution is 2.34. The number of carbonyl (C=O) groups is 1. The first-order valence-corrected chi connectivity index (χ1v) is 10.7. The van der Waals surface area contributed by atoms with E-state index >= 15 is 0 Å². The van der Waals surface area contributed by atoms with Gasteiger partial charge in [-0.2, -0.15) is 5.10 Å². The average Bonchev–Trinajstić information content (AvgIpc) is 3.20. The maximum Gasteiger partial charge on any atom is 0.278 e. The Balaban J connectivity index is 1.63. The summed E-state index contributed by atoms with van der Waals surface area (Å²) in [5.74, 6) is -0.305. The third-order valence-corrected chi connectivity index (χ3v) is 5.76. The highest BCUT2D eigenvalue weighted by molar-refractivity contribution is 6.04. The van der Waals surface area contributed by atoms with Gasteiger partial charge in [-0.25, -0.2) is 4.52 Å². The smallest absolute Gasteiger partial charge is 0.278 e. The molecule has 0 spiro atoms. The molecule has 0 aliphatic carbocycles. The summed E-state index contributed by atoms with van der Waals surface area (Å²) in [5.41, 5.74) is 6.37. The Labute approximate surface area is 185 Å². The van der Waals surface area contributed by atoms with E-state index in [-0.39, 0.29) is 11.6 Å². The number of aryl methyl sites for hydroxylation is 3. The molecule has 158 valence electrons. The first-order valence-electron chi connectivity index (χ1n) is 10.7. The van der Waals surface area contributed by atoms with Crippen molar-refractivity contribution in [3.05, 3.63) is 89.4 Å². The summed E-state index contributed by atoms with van der Waals surface area (Å²) < 4.78 is 1.74. The summed E-state index contributed by atoms with van der Waals surface area (Å²) in [6, 6.07) is 22.2. The van der Waals surface area contributed by atoms with E-state index in [1.54, 1.807) is 4.52 Å². The lowest BCUT2D eigenvalue weighted by molar-refractivity contribution is 0.102. The molecule has 6 heteroatoms. The van der Waals surface area contributed by atoms with E-state index in [4.69, 9.17) is 5.10 Å². The zero-order chi connectivity index (χ0) is 22.2. The van der Waals surface area contributed by atoms with Gasteiger partial charge in [-0.15, -0.1) is 10.2 Å². The van der Waals surface area contributed by atoms with Gasteiger partial charge >= 0.3 is 0 Å². The van der Waals surface area contributed by atoms with Gasteiger partial charge in [0.1, 0.15) is 0 Å². The van der Waals surface area contributed by atoms with Crippen LogP contribution in [0.5, 0.6) is 0 Å². The van der Waals surface area contributed by atoms with E-state index in [1.807, 2.05) is 56.3 Å². The number of fused-ring (bicyclic) bond motifs is 2. The van der Waals surface area contributed by atoms with E-state index in [1.165, 1.54) is 0 Å². The first kappa shape index (κ1) is 19.9. The molecular weight excluding hydrogens is 398 g/mol. The maximum atomic E-state index is 12.9. The van der Waals surface area contributed by atoms with Crippen molar-refractivity contribution in [1.82, 2.24) is 19.8 Å². The van der Waals surface area contributed by atoms with Gasteiger partial charge in [0.25, 0.3) is 5.91 Å². The second-order valence-electron chi connectivity index (χ2n) is 7.89. The standard InChI is InChI=1S/C26H23N5O/c1-4-22-23(21-11-7-9-18-8-5-6-10-20(18)21)25-29-28-24(17(3)31(25)30-22)26(32)27-19-14-12-16(2)13-15-19/h5-15H,4H2,1-3H3,(H,27,32). The van der Waals surface area contributed by atoms with Crippen LogP contribution in [0.2, 0.25) is 0 Å². The van der Waals surface area contributed by atoms with E-state index in [2.05, 4.69) is 46.7 Å². The van der Waals surface area contributed by atoms with Gasteiger partial charge in [-0.3, -0.25) is 4.79 Å². The second kappa shape index (κ2) is 7.89. The lowest BCUT2D eigenvalue weighted by Crippen LogP contribution is -2.18. The van der Waals surface area contributed by atoms with Gasteiger partial charge in [0.2, 0.25) is 0 Å². The molecule has 5 aromatic rings. The van der Waals surface area contributed by atoms with Crippen molar-refractivity contribution < 1.29 is 4.79 Å². The molecular formula is C26H23N5O. The highest BCUT2D eigenvalue weighted by atomic mass is 16.2. The Bertz CT molecular complexity index is 1460. The van der Waals surface area contributed by atoms with Crippen molar-refractivity contribution in [3.63, 3.8) is 0 Å². The third kappa shape index (κ3) is 3.30. The van der Waals surface area contributed by atoms with Crippen LogP contribution < -0.4 is 5.32 Å². The number of benzene rings is 3. The lowest BCUT2D eigenvalue weighted by atomic mass is 9.97. The van der Waals surface area contributed by atoms with Crippen molar-refractivity contribution >= 4 is 28.0 Å². The quantitative estimate of drug-likeness (QED) is 0.423. The van der Waals surface area contributed by atoms with Crippen LogP contribution >= 0.6 is 0 Å². The van der Waals surface area contributed by atoms with Crippen molar-refractivity contribution in [2.75, 3.05) is 5.32 Å². The van der Waals surface area contributed by atoms with Gasteiger partial charge in [-0.1, -0.05) is 67.1 Å². The van der Waals surface area contributed by atoms with Crippen molar-refractivity contribution in [1.29, 1.82) is 0 Å². The van der Waals surface area contributed by atoms with Gasteiger partial charge < -0.3 is 5.32 Å². The molecule has 0 unspecified atom stereocenters. The van der Waals surface area contributed by atoms with Gasteiger partial charge in [0.15, 0.2) is 11.3 Å². The van der Waals surface area contributed by atoms with Crippen LogP contribution in [0.3, 0.4) is 0 Å². The SMILES string of the molecule is CCc1nn2c(C)c(C(=O)Nc3ccc(C)cc3)nnc2c1-c1cccc2ccccc12. The first-order chi connectivity index (χ1) is 15.6. The molecule has 0 aliphatic rings. The zero-order valence-corrected chi connectivity index (χ0v) is 18.3. The predicted molar refractivity (Wildman–Crippen MR) is 127 cm³/mol. The number of nitrogens with zero attached hydrogens (tertiary/aromatic N) is 4. The fourth-order valence-electron chi connectivity index (χ4n) is 4.05. The van der Waals surface area contributed by atoms with Gasteiger partial charge in [0.05, 0.1) is 17.0 Å². The Morgan fingerprint density at radius 3 is 2.47 bits per heavy atom. The number of amides is 1. The molecule has 0 fully saturated rings. The fraction of sp³-hybridized carbons (Fsp3) is 0.154. The van der Waals surface area contributed by atoms with Crippen molar-refractivity contribution in [3.8, 4) is 11.1 Å². The largest absolute Gasteiger partial charge is 0.321 e. The molecule has 1 amide bonds. The third-order valence-electron chi connectivity index (χ3n) is 5.76. The van der Waals surface area contributed by atoms with E-state index in [0.717, 1.165) is 39.6 Å². The number of nitrogens with one attached hydrogen (secondary N) is 1. The topological polar surface area (TPSA) is 72.2 Å². The molecule has 0 saturated heterocycles. The number of rotatable bonds is 4. The highest BCUT2D eigenvalue weighted by Gasteiger charge is 2.22. The summed E-state index contributed by atoms with van der Waals surface area (Å²) in [6.07, 6.45) is 0.742. The molecule has 2 aromatic heterocycles. The molecule has 6 nitrogen and oxygen atoms in total. The molecule has 0 atom stereocenters. The molecule has 1 N–H and O–H groups in total. The Kier molecular flexibility index (Phi) is 4.90. The summed E-state index contributed by atoms with van der Waals surface area (Å²) in [6.45, 7) is 5.93. The number of hydrogen-bond donors (Lipinski definition) is 1. The monoisotopic (exact) mass is 421 g/mol. The predicted octanol–water partition coefficient (Wildman–Crippen LogP) is 5.38. The molecule has 0 radical (unpaired) electrons. The van der Waals surface area contributed by atoms with Crippen molar-refractivity contribution in [2.24, 2.45) is 0 Å².